The van der Waals surface area contributed by atoms with Gasteiger partial charge in [-0.25, -0.2) is 4.98 Å². The molecule has 5 heteroatoms. The van der Waals surface area contributed by atoms with Crippen molar-refractivity contribution in [2.24, 2.45) is 0 Å². The normalized spacial score (nSPS) is 10.9. The number of nitrogens with zero attached hydrogens (tertiary/aromatic N) is 2. The van der Waals surface area contributed by atoms with E-state index < -0.39 is 0 Å². The van der Waals surface area contributed by atoms with Gasteiger partial charge in [-0.2, -0.15) is 0 Å². The number of aromatic amines is 1. The number of imidazole rings is 1. The van der Waals surface area contributed by atoms with Crippen LogP contribution in [0.2, 0.25) is 0 Å². The summed E-state index contributed by atoms with van der Waals surface area (Å²) in [7, 11) is 0. The molecule has 2 N–H and O–H groups in total. The quantitative estimate of drug-likeness (QED) is 0.568. The minimum Gasteiger partial charge on any atom is -0.342 e. The Morgan fingerprint density at radius 3 is 2.59 bits per heavy atom. The predicted octanol–water partition coefficient (Wildman–Crippen LogP) is 4.42. The van der Waals surface area contributed by atoms with Crippen molar-refractivity contribution in [3.8, 4) is 11.1 Å². The van der Waals surface area contributed by atoms with Gasteiger partial charge in [0, 0.05) is 17.6 Å². The van der Waals surface area contributed by atoms with E-state index in [1.54, 1.807) is 6.20 Å². The molecule has 0 radical (unpaired) electrons. The van der Waals surface area contributed by atoms with Gasteiger partial charge in [0.05, 0.1) is 17.5 Å². The first kappa shape index (κ1) is 17.0. The van der Waals surface area contributed by atoms with Crippen molar-refractivity contribution in [1.82, 2.24) is 15.0 Å². The molecule has 2 aromatic heterocycles. The van der Waals surface area contributed by atoms with Crippen molar-refractivity contribution in [3.05, 3.63) is 77.9 Å². The van der Waals surface area contributed by atoms with Gasteiger partial charge in [0.1, 0.15) is 5.82 Å². The van der Waals surface area contributed by atoms with Gasteiger partial charge >= 0.3 is 0 Å². The van der Waals surface area contributed by atoms with Crippen molar-refractivity contribution in [1.29, 1.82) is 0 Å². The summed E-state index contributed by atoms with van der Waals surface area (Å²) in [5.41, 5.74) is 6.80. The highest BCUT2D eigenvalue weighted by atomic mass is 16.1. The van der Waals surface area contributed by atoms with Gasteiger partial charge in [-0.15, -0.1) is 0 Å². The number of pyridine rings is 1. The molecule has 0 aliphatic carbocycles. The molecule has 2 aromatic carbocycles. The third-order valence-corrected chi connectivity index (χ3v) is 4.43. The maximum Gasteiger partial charge on any atom is 0.228 e. The average Bonchev–Trinajstić information content (AvgIpc) is 3.01. The SMILES string of the molecule is Cc1cc(-c2ccc(NC(=O)Cc3ccc4nc(C)[nH]c4c3)cc2)ccn1. The minimum absolute atomic E-state index is 0.0434. The molecule has 134 valence electrons. The molecule has 0 unspecified atom stereocenters. The van der Waals surface area contributed by atoms with Crippen molar-refractivity contribution in [3.63, 3.8) is 0 Å². The fraction of sp³-hybridized carbons (Fsp3) is 0.136. The lowest BCUT2D eigenvalue weighted by molar-refractivity contribution is -0.115. The molecule has 0 aliphatic heterocycles. The van der Waals surface area contributed by atoms with Crippen LogP contribution in [0.5, 0.6) is 0 Å². The van der Waals surface area contributed by atoms with Gasteiger partial charge in [0.25, 0.3) is 0 Å². The fourth-order valence-corrected chi connectivity index (χ4v) is 3.16. The molecule has 5 nitrogen and oxygen atoms in total. The van der Waals surface area contributed by atoms with Crippen LogP contribution in [0, 0.1) is 13.8 Å². The molecule has 0 spiro atoms. The predicted molar refractivity (Wildman–Crippen MR) is 108 cm³/mol. The molecule has 2 heterocycles. The molecule has 1 amide bonds. The van der Waals surface area contributed by atoms with Crippen LogP contribution in [0.3, 0.4) is 0 Å². The summed E-state index contributed by atoms with van der Waals surface area (Å²) < 4.78 is 0. The van der Waals surface area contributed by atoms with Crippen molar-refractivity contribution in [2.45, 2.75) is 20.3 Å². The molecule has 0 saturated heterocycles. The number of anilines is 1. The number of rotatable bonds is 4. The van der Waals surface area contributed by atoms with Gasteiger partial charge in [0.2, 0.25) is 5.91 Å². The largest absolute Gasteiger partial charge is 0.342 e. The minimum atomic E-state index is -0.0434. The Morgan fingerprint density at radius 1 is 1.00 bits per heavy atom. The topological polar surface area (TPSA) is 70.7 Å². The standard InChI is InChI=1S/C22H20N4O/c1-14-11-18(9-10-23-14)17-4-6-19(7-5-17)26-22(27)13-16-3-8-20-21(12-16)25-15(2)24-20/h3-12H,13H2,1-2H3,(H,24,25)(H,26,27). The first-order chi connectivity index (χ1) is 13.1. The smallest absolute Gasteiger partial charge is 0.228 e. The van der Waals surface area contributed by atoms with E-state index in [0.717, 1.165) is 44.9 Å². The van der Waals surface area contributed by atoms with E-state index in [9.17, 15) is 4.79 Å². The number of aryl methyl sites for hydroxylation is 2. The number of amides is 1. The number of hydrogen-bond acceptors (Lipinski definition) is 3. The highest BCUT2D eigenvalue weighted by Crippen LogP contribution is 2.22. The summed E-state index contributed by atoms with van der Waals surface area (Å²) in [4.78, 5) is 24.2. The van der Waals surface area contributed by atoms with Crippen molar-refractivity contribution < 1.29 is 4.79 Å². The summed E-state index contributed by atoms with van der Waals surface area (Å²) in [6.45, 7) is 3.89. The van der Waals surface area contributed by atoms with Gasteiger partial charge in [-0.05, 0) is 66.9 Å². The Morgan fingerprint density at radius 2 is 1.81 bits per heavy atom. The highest BCUT2D eigenvalue weighted by molar-refractivity contribution is 5.93. The number of carbonyl (C=O) groups is 1. The first-order valence-electron chi connectivity index (χ1n) is 8.85. The summed E-state index contributed by atoms with van der Waals surface area (Å²) in [5.74, 6) is 0.828. The number of benzene rings is 2. The van der Waals surface area contributed by atoms with Crippen LogP contribution in [-0.4, -0.2) is 20.9 Å². The third-order valence-electron chi connectivity index (χ3n) is 4.43. The number of fused-ring (bicyclic) bond motifs is 1. The van der Waals surface area contributed by atoms with Crippen LogP contribution in [0.25, 0.3) is 22.2 Å². The van der Waals surface area contributed by atoms with Gasteiger partial charge < -0.3 is 10.3 Å². The lowest BCUT2D eigenvalue weighted by atomic mass is 10.1. The van der Waals surface area contributed by atoms with E-state index in [1.165, 1.54) is 0 Å². The number of carbonyl (C=O) groups excluding carboxylic acids is 1. The van der Waals surface area contributed by atoms with Crippen LogP contribution in [0.4, 0.5) is 5.69 Å². The fourth-order valence-electron chi connectivity index (χ4n) is 3.16. The zero-order valence-electron chi connectivity index (χ0n) is 15.3. The van der Waals surface area contributed by atoms with Crippen LogP contribution in [0.15, 0.2) is 60.8 Å². The van der Waals surface area contributed by atoms with E-state index in [-0.39, 0.29) is 5.91 Å². The van der Waals surface area contributed by atoms with E-state index in [1.807, 2.05) is 68.4 Å². The van der Waals surface area contributed by atoms with E-state index in [4.69, 9.17) is 0 Å². The second-order valence-corrected chi connectivity index (χ2v) is 6.66. The average molecular weight is 356 g/mol. The number of H-pyrrole nitrogens is 1. The maximum atomic E-state index is 12.4. The van der Waals surface area contributed by atoms with Crippen LogP contribution < -0.4 is 5.32 Å². The Kier molecular flexibility index (Phi) is 4.42. The van der Waals surface area contributed by atoms with Crippen molar-refractivity contribution >= 4 is 22.6 Å². The van der Waals surface area contributed by atoms with Crippen LogP contribution >= 0.6 is 0 Å². The first-order valence-corrected chi connectivity index (χ1v) is 8.85. The molecule has 4 rings (SSSR count). The van der Waals surface area contributed by atoms with E-state index in [2.05, 4.69) is 20.3 Å². The molecule has 0 fully saturated rings. The monoisotopic (exact) mass is 356 g/mol. The van der Waals surface area contributed by atoms with Gasteiger partial charge in [-0.1, -0.05) is 18.2 Å². The van der Waals surface area contributed by atoms with E-state index >= 15 is 0 Å². The molecule has 0 bridgehead atoms. The third kappa shape index (κ3) is 3.87. The Hall–Kier alpha value is -3.47. The second-order valence-electron chi connectivity index (χ2n) is 6.66. The summed E-state index contributed by atoms with van der Waals surface area (Å²) >= 11 is 0. The molecule has 0 aliphatic rings. The zero-order valence-corrected chi connectivity index (χ0v) is 15.3. The van der Waals surface area contributed by atoms with Gasteiger partial charge in [-0.3, -0.25) is 9.78 Å². The lowest BCUT2D eigenvalue weighted by Gasteiger charge is -2.07. The summed E-state index contributed by atoms with van der Waals surface area (Å²) in [6, 6.07) is 17.7. The zero-order chi connectivity index (χ0) is 18.8. The Balaban J connectivity index is 1.44. The van der Waals surface area contributed by atoms with E-state index in [0.29, 0.717) is 6.42 Å². The summed E-state index contributed by atoms with van der Waals surface area (Å²) in [6.07, 6.45) is 2.12. The molecule has 4 aromatic rings. The molecule has 0 atom stereocenters. The molecular weight excluding hydrogens is 336 g/mol. The van der Waals surface area contributed by atoms with Gasteiger partial charge in [0.15, 0.2) is 0 Å². The molecular formula is C22H20N4O. The van der Waals surface area contributed by atoms with Crippen molar-refractivity contribution in [2.75, 3.05) is 5.32 Å². The number of aromatic nitrogens is 3. The molecule has 27 heavy (non-hydrogen) atoms. The highest BCUT2D eigenvalue weighted by Gasteiger charge is 2.07. The Labute approximate surface area is 157 Å². The number of nitrogens with one attached hydrogen (secondary N) is 2. The maximum absolute atomic E-state index is 12.4. The number of hydrogen-bond donors (Lipinski definition) is 2. The lowest BCUT2D eigenvalue weighted by Crippen LogP contribution is -2.14. The van der Waals surface area contributed by atoms with Crippen LogP contribution in [0.1, 0.15) is 17.1 Å². The summed E-state index contributed by atoms with van der Waals surface area (Å²) in [5, 5.41) is 2.96. The second kappa shape index (κ2) is 7.03. The Bertz CT molecular complexity index is 1110. The molecule has 0 saturated carbocycles. The van der Waals surface area contributed by atoms with Crippen LogP contribution in [-0.2, 0) is 11.2 Å².